The van der Waals surface area contributed by atoms with Crippen LogP contribution in [0.15, 0.2) is 18.2 Å². The molecule has 0 saturated carbocycles. The molecular formula is C10H12N2O5. The van der Waals surface area contributed by atoms with Crippen LogP contribution in [-0.2, 0) is 11.3 Å². The van der Waals surface area contributed by atoms with E-state index in [1.54, 1.807) is 6.07 Å². The van der Waals surface area contributed by atoms with Gasteiger partial charge >= 0.3 is 5.97 Å². The zero-order valence-corrected chi connectivity index (χ0v) is 9.17. The smallest absolute Gasteiger partial charge is 0.317 e. The Morgan fingerprint density at radius 2 is 2.29 bits per heavy atom. The summed E-state index contributed by atoms with van der Waals surface area (Å²) in [6, 6.07) is 4.42. The number of nitro benzene ring substituents is 1. The van der Waals surface area contributed by atoms with E-state index in [-0.39, 0.29) is 18.8 Å². The van der Waals surface area contributed by atoms with Crippen LogP contribution < -0.4 is 10.1 Å². The molecule has 0 amide bonds. The van der Waals surface area contributed by atoms with Crippen molar-refractivity contribution in [2.24, 2.45) is 0 Å². The fraction of sp³-hybridized carbons (Fsp3) is 0.300. The quantitative estimate of drug-likeness (QED) is 0.562. The summed E-state index contributed by atoms with van der Waals surface area (Å²) in [7, 11) is 1.42. The average Bonchev–Trinajstić information content (AvgIpc) is 2.28. The molecule has 0 aliphatic carbocycles. The molecule has 7 nitrogen and oxygen atoms in total. The van der Waals surface area contributed by atoms with Crippen molar-refractivity contribution in [3.8, 4) is 5.75 Å². The molecule has 0 aliphatic rings. The number of hydrogen-bond donors (Lipinski definition) is 2. The van der Waals surface area contributed by atoms with Gasteiger partial charge in [0.1, 0.15) is 5.75 Å². The minimum atomic E-state index is -1.01. The first-order valence-corrected chi connectivity index (χ1v) is 4.78. The van der Waals surface area contributed by atoms with Gasteiger partial charge in [0, 0.05) is 12.1 Å². The van der Waals surface area contributed by atoms with Gasteiger partial charge < -0.3 is 15.2 Å². The number of ether oxygens (including phenoxy) is 1. The lowest BCUT2D eigenvalue weighted by molar-refractivity contribution is -0.385. The Morgan fingerprint density at radius 3 is 2.82 bits per heavy atom. The van der Waals surface area contributed by atoms with Gasteiger partial charge in [0.2, 0.25) is 0 Å². The lowest BCUT2D eigenvalue weighted by atomic mass is 10.1. The van der Waals surface area contributed by atoms with Crippen molar-refractivity contribution in [3.63, 3.8) is 0 Å². The van der Waals surface area contributed by atoms with Crippen molar-refractivity contribution in [1.82, 2.24) is 5.32 Å². The van der Waals surface area contributed by atoms with Crippen LogP contribution in [0.2, 0.25) is 0 Å². The zero-order chi connectivity index (χ0) is 12.8. The van der Waals surface area contributed by atoms with Crippen LogP contribution in [-0.4, -0.2) is 29.7 Å². The molecule has 1 aromatic carbocycles. The Morgan fingerprint density at radius 1 is 1.59 bits per heavy atom. The summed E-state index contributed by atoms with van der Waals surface area (Å²) in [4.78, 5) is 20.6. The van der Waals surface area contributed by atoms with Crippen molar-refractivity contribution in [2.75, 3.05) is 13.7 Å². The predicted molar refractivity (Wildman–Crippen MR) is 59.0 cm³/mol. The topological polar surface area (TPSA) is 102 Å². The number of methoxy groups -OCH3 is 1. The molecule has 0 atom stereocenters. The maximum atomic E-state index is 10.8. The molecule has 0 fully saturated rings. The molecule has 0 unspecified atom stereocenters. The number of carboxylic acid groups (broad SMARTS) is 1. The van der Waals surface area contributed by atoms with Gasteiger partial charge in [-0.1, -0.05) is 0 Å². The third-order valence-electron chi connectivity index (χ3n) is 2.08. The van der Waals surface area contributed by atoms with E-state index in [1.807, 2.05) is 0 Å². The standard InChI is InChI=1S/C10H12N2O5/c1-17-8-3-2-7(5-11-6-10(13)14)9(4-8)12(15)16/h2-4,11H,5-6H2,1H3,(H,13,14). The molecule has 0 heterocycles. The van der Waals surface area contributed by atoms with Gasteiger partial charge in [0.05, 0.1) is 24.6 Å². The fourth-order valence-electron chi connectivity index (χ4n) is 1.29. The van der Waals surface area contributed by atoms with Gasteiger partial charge in [0.25, 0.3) is 5.69 Å². The largest absolute Gasteiger partial charge is 0.497 e. The number of aliphatic carboxylic acids is 1. The van der Waals surface area contributed by atoms with Crippen LogP contribution in [0, 0.1) is 10.1 Å². The van der Waals surface area contributed by atoms with Crippen LogP contribution in [0.4, 0.5) is 5.69 Å². The van der Waals surface area contributed by atoms with E-state index in [2.05, 4.69) is 5.32 Å². The van der Waals surface area contributed by atoms with Crippen molar-refractivity contribution in [1.29, 1.82) is 0 Å². The molecule has 0 aliphatic heterocycles. The summed E-state index contributed by atoms with van der Waals surface area (Å²) in [5, 5.41) is 21.8. The number of hydrogen-bond acceptors (Lipinski definition) is 5. The highest BCUT2D eigenvalue weighted by Crippen LogP contribution is 2.24. The first-order chi connectivity index (χ1) is 8.04. The van der Waals surface area contributed by atoms with Crippen LogP contribution in [0.5, 0.6) is 5.75 Å². The van der Waals surface area contributed by atoms with E-state index in [4.69, 9.17) is 9.84 Å². The number of carbonyl (C=O) groups is 1. The molecule has 0 spiro atoms. The lowest BCUT2D eigenvalue weighted by Crippen LogP contribution is -2.22. The number of nitrogens with one attached hydrogen (secondary N) is 1. The SMILES string of the molecule is COc1ccc(CNCC(=O)O)c([N+](=O)[O-])c1. The molecule has 7 heteroatoms. The van der Waals surface area contributed by atoms with Gasteiger partial charge in [0.15, 0.2) is 0 Å². The van der Waals surface area contributed by atoms with Crippen molar-refractivity contribution >= 4 is 11.7 Å². The van der Waals surface area contributed by atoms with E-state index in [0.29, 0.717) is 11.3 Å². The van der Waals surface area contributed by atoms with Gasteiger partial charge in [-0.2, -0.15) is 0 Å². The van der Waals surface area contributed by atoms with Crippen LogP contribution >= 0.6 is 0 Å². The first kappa shape index (κ1) is 12.9. The monoisotopic (exact) mass is 240 g/mol. The summed E-state index contributed by atoms with van der Waals surface area (Å²) in [6.45, 7) is -0.129. The summed E-state index contributed by atoms with van der Waals surface area (Å²) < 4.78 is 4.88. The second-order valence-corrected chi connectivity index (χ2v) is 3.25. The molecule has 1 rings (SSSR count). The predicted octanol–water partition coefficient (Wildman–Crippen LogP) is 0.778. The van der Waals surface area contributed by atoms with Crippen molar-refractivity contribution < 1.29 is 19.6 Å². The Bertz CT molecular complexity index is 433. The van der Waals surface area contributed by atoms with Gasteiger partial charge in [-0.05, 0) is 12.1 Å². The van der Waals surface area contributed by atoms with Crippen molar-refractivity contribution in [2.45, 2.75) is 6.54 Å². The Kier molecular flexibility index (Phi) is 4.41. The lowest BCUT2D eigenvalue weighted by Gasteiger charge is -2.05. The highest BCUT2D eigenvalue weighted by molar-refractivity contribution is 5.69. The Labute approximate surface area is 97.2 Å². The summed E-state index contributed by atoms with van der Waals surface area (Å²) in [5.41, 5.74) is 0.319. The highest BCUT2D eigenvalue weighted by atomic mass is 16.6. The second-order valence-electron chi connectivity index (χ2n) is 3.25. The molecule has 1 aromatic rings. The molecule has 92 valence electrons. The summed E-state index contributed by atoms with van der Waals surface area (Å²) in [6.07, 6.45) is 0. The Balaban J connectivity index is 2.83. The number of nitro groups is 1. The number of nitrogens with zero attached hydrogens (tertiary/aromatic N) is 1. The second kappa shape index (κ2) is 5.80. The van der Waals surface area contributed by atoms with Gasteiger partial charge in [-0.15, -0.1) is 0 Å². The van der Waals surface area contributed by atoms with Gasteiger partial charge in [-0.3, -0.25) is 14.9 Å². The van der Waals surface area contributed by atoms with Crippen LogP contribution in [0.1, 0.15) is 5.56 Å². The van der Waals surface area contributed by atoms with E-state index in [1.165, 1.54) is 19.2 Å². The Hall–Kier alpha value is -2.15. The molecule has 2 N–H and O–H groups in total. The molecular weight excluding hydrogens is 228 g/mol. The number of rotatable bonds is 6. The minimum absolute atomic E-state index is 0.0951. The normalized spacial score (nSPS) is 9.94. The molecule has 0 bridgehead atoms. The third-order valence-corrected chi connectivity index (χ3v) is 2.08. The van der Waals surface area contributed by atoms with Crippen LogP contribution in [0.25, 0.3) is 0 Å². The molecule has 0 saturated heterocycles. The number of benzene rings is 1. The van der Waals surface area contributed by atoms with Gasteiger partial charge in [-0.25, -0.2) is 0 Å². The maximum Gasteiger partial charge on any atom is 0.317 e. The zero-order valence-electron chi connectivity index (χ0n) is 9.17. The molecule has 17 heavy (non-hydrogen) atoms. The summed E-state index contributed by atoms with van der Waals surface area (Å²) >= 11 is 0. The first-order valence-electron chi connectivity index (χ1n) is 4.78. The highest BCUT2D eigenvalue weighted by Gasteiger charge is 2.14. The minimum Gasteiger partial charge on any atom is -0.497 e. The maximum absolute atomic E-state index is 10.8. The summed E-state index contributed by atoms with van der Waals surface area (Å²) in [5.74, 6) is -0.625. The molecule has 0 radical (unpaired) electrons. The van der Waals surface area contributed by atoms with E-state index < -0.39 is 10.9 Å². The van der Waals surface area contributed by atoms with E-state index >= 15 is 0 Å². The van der Waals surface area contributed by atoms with Crippen LogP contribution in [0.3, 0.4) is 0 Å². The van der Waals surface area contributed by atoms with E-state index in [0.717, 1.165) is 0 Å². The fourth-order valence-corrected chi connectivity index (χ4v) is 1.29. The number of carboxylic acids is 1. The van der Waals surface area contributed by atoms with Crippen molar-refractivity contribution in [3.05, 3.63) is 33.9 Å². The van der Waals surface area contributed by atoms with E-state index in [9.17, 15) is 14.9 Å². The average molecular weight is 240 g/mol. The third kappa shape index (κ3) is 3.72. The molecule has 0 aromatic heterocycles.